The van der Waals surface area contributed by atoms with E-state index in [0.29, 0.717) is 11.5 Å². The van der Waals surface area contributed by atoms with Gasteiger partial charge in [-0.15, -0.1) is 0 Å². The van der Waals surface area contributed by atoms with Gasteiger partial charge in [0.05, 0.1) is 7.11 Å². The van der Waals surface area contributed by atoms with Crippen LogP contribution in [-0.2, 0) is 12.9 Å². The van der Waals surface area contributed by atoms with E-state index in [0.717, 1.165) is 10.7 Å². The topological polar surface area (TPSA) is 65.4 Å². The standard InChI is InChI=1S/C19H12F7N3O3/c1-31-9-2-4-10(5-3-9)32-8-29-7-6-11(28-29)18(30)27-17-15(22)13(20)12(19(24,25)26)14(21)16(17)23/h2-7H,8H2,1H3,(H,27,30). The fourth-order valence-corrected chi connectivity index (χ4v) is 2.54. The predicted octanol–water partition coefficient (Wildman–Crippen LogP) is 4.76. The summed E-state index contributed by atoms with van der Waals surface area (Å²) in [6.45, 7) is -0.189. The molecule has 1 aromatic heterocycles. The number of benzene rings is 2. The molecule has 170 valence electrons. The summed E-state index contributed by atoms with van der Waals surface area (Å²) in [6, 6.07) is 7.52. The highest BCUT2D eigenvalue weighted by Gasteiger charge is 2.42. The van der Waals surface area contributed by atoms with Crippen LogP contribution in [0.1, 0.15) is 16.1 Å². The number of hydrogen-bond acceptors (Lipinski definition) is 4. The lowest BCUT2D eigenvalue weighted by Gasteiger charge is -2.14. The molecule has 0 saturated carbocycles. The smallest absolute Gasteiger partial charge is 0.422 e. The van der Waals surface area contributed by atoms with Crippen molar-refractivity contribution in [3.63, 3.8) is 0 Å². The molecule has 3 aromatic rings. The van der Waals surface area contributed by atoms with Crippen molar-refractivity contribution in [2.24, 2.45) is 0 Å². The summed E-state index contributed by atoms with van der Waals surface area (Å²) in [5.41, 5.74) is -4.92. The van der Waals surface area contributed by atoms with Gasteiger partial charge in [0.1, 0.15) is 22.7 Å². The summed E-state index contributed by atoms with van der Waals surface area (Å²) in [7, 11) is 1.48. The highest BCUT2D eigenvalue weighted by molar-refractivity contribution is 6.03. The maximum atomic E-state index is 13.9. The van der Waals surface area contributed by atoms with Crippen LogP contribution in [-0.4, -0.2) is 22.8 Å². The van der Waals surface area contributed by atoms with E-state index in [1.807, 2.05) is 0 Å². The number of alkyl halides is 3. The monoisotopic (exact) mass is 463 g/mol. The number of carbonyl (C=O) groups excluding carboxylic acids is 1. The van der Waals surface area contributed by atoms with E-state index >= 15 is 0 Å². The molecule has 0 unspecified atom stereocenters. The number of nitrogens with zero attached hydrogens (tertiary/aromatic N) is 2. The SMILES string of the molecule is COc1ccc(OCn2ccc(C(=O)Nc3c(F)c(F)c(C(F)(F)F)c(F)c3F)n2)cc1. The van der Waals surface area contributed by atoms with Crippen LogP contribution in [0.5, 0.6) is 11.5 Å². The molecule has 0 bridgehead atoms. The third-order valence-electron chi connectivity index (χ3n) is 4.08. The van der Waals surface area contributed by atoms with Crippen LogP contribution in [0.25, 0.3) is 0 Å². The maximum Gasteiger partial charge on any atom is 0.422 e. The Morgan fingerprint density at radius 2 is 1.53 bits per heavy atom. The first-order chi connectivity index (χ1) is 15.0. The molecule has 13 heteroatoms. The molecule has 0 aliphatic heterocycles. The summed E-state index contributed by atoms with van der Waals surface area (Å²) in [4.78, 5) is 12.1. The molecule has 32 heavy (non-hydrogen) atoms. The number of aromatic nitrogens is 2. The second kappa shape index (κ2) is 8.77. The fraction of sp³-hybridized carbons (Fsp3) is 0.158. The molecule has 1 N–H and O–H groups in total. The molecule has 0 aliphatic carbocycles. The van der Waals surface area contributed by atoms with Crippen molar-refractivity contribution in [2.45, 2.75) is 12.9 Å². The molecule has 3 rings (SSSR count). The minimum atomic E-state index is -5.69. The van der Waals surface area contributed by atoms with Gasteiger partial charge in [0.25, 0.3) is 5.91 Å². The number of anilines is 1. The first-order valence-corrected chi connectivity index (χ1v) is 8.57. The van der Waals surface area contributed by atoms with Crippen LogP contribution in [0.15, 0.2) is 36.5 Å². The van der Waals surface area contributed by atoms with Gasteiger partial charge >= 0.3 is 6.18 Å². The van der Waals surface area contributed by atoms with Crippen molar-refractivity contribution in [3.8, 4) is 11.5 Å². The van der Waals surface area contributed by atoms with Crippen LogP contribution >= 0.6 is 0 Å². The van der Waals surface area contributed by atoms with Crippen LogP contribution in [0.2, 0.25) is 0 Å². The van der Waals surface area contributed by atoms with E-state index in [9.17, 15) is 35.5 Å². The minimum Gasteiger partial charge on any atom is -0.497 e. The molecule has 1 amide bonds. The Kier molecular flexibility index (Phi) is 6.27. The van der Waals surface area contributed by atoms with E-state index in [2.05, 4.69) is 5.10 Å². The number of amides is 1. The number of methoxy groups -OCH3 is 1. The molecule has 0 fully saturated rings. The lowest BCUT2D eigenvalue weighted by atomic mass is 10.1. The highest BCUT2D eigenvalue weighted by Crippen LogP contribution is 2.38. The molecule has 0 radical (unpaired) electrons. The Balaban J connectivity index is 1.75. The van der Waals surface area contributed by atoms with Gasteiger partial charge < -0.3 is 14.8 Å². The highest BCUT2D eigenvalue weighted by atomic mass is 19.4. The van der Waals surface area contributed by atoms with Gasteiger partial charge in [0.15, 0.2) is 35.7 Å². The van der Waals surface area contributed by atoms with Crippen molar-refractivity contribution in [1.29, 1.82) is 0 Å². The summed E-state index contributed by atoms with van der Waals surface area (Å²) in [5.74, 6) is -10.5. The van der Waals surface area contributed by atoms with Crippen molar-refractivity contribution in [3.05, 3.63) is 71.1 Å². The van der Waals surface area contributed by atoms with Crippen LogP contribution in [0, 0.1) is 23.3 Å². The molecule has 1 heterocycles. The molecule has 0 aliphatic rings. The van der Waals surface area contributed by atoms with Gasteiger partial charge in [-0.2, -0.15) is 18.3 Å². The molecule has 0 saturated heterocycles. The van der Waals surface area contributed by atoms with Gasteiger partial charge in [-0.1, -0.05) is 0 Å². The number of halogens is 7. The van der Waals surface area contributed by atoms with Gasteiger partial charge in [0.2, 0.25) is 0 Å². The minimum absolute atomic E-state index is 0.189. The van der Waals surface area contributed by atoms with E-state index in [1.165, 1.54) is 18.6 Å². The average molecular weight is 463 g/mol. The van der Waals surface area contributed by atoms with Gasteiger partial charge in [0, 0.05) is 6.20 Å². The maximum absolute atomic E-state index is 13.9. The zero-order chi connectivity index (χ0) is 23.6. The first-order valence-electron chi connectivity index (χ1n) is 8.57. The molecular formula is C19H12F7N3O3. The molecule has 2 aromatic carbocycles. The Bertz CT molecular complexity index is 1120. The molecule has 0 spiro atoms. The normalized spacial score (nSPS) is 11.4. The summed E-state index contributed by atoms with van der Waals surface area (Å²) < 4.78 is 105. The quantitative estimate of drug-likeness (QED) is 0.423. The fourth-order valence-electron chi connectivity index (χ4n) is 2.54. The lowest BCUT2D eigenvalue weighted by Crippen LogP contribution is -2.20. The average Bonchev–Trinajstić information content (AvgIpc) is 3.22. The third-order valence-corrected chi connectivity index (χ3v) is 4.08. The van der Waals surface area contributed by atoms with Crippen molar-refractivity contribution in [2.75, 3.05) is 12.4 Å². The zero-order valence-electron chi connectivity index (χ0n) is 15.9. The van der Waals surface area contributed by atoms with Crippen molar-refractivity contribution < 1.29 is 45.0 Å². The van der Waals surface area contributed by atoms with Gasteiger partial charge in [-0.25, -0.2) is 22.2 Å². The van der Waals surface area contributed by atoms with Crippen LogP contribution in [0.4, 0.5) is 36.4 Å². The Labute approximate surface area is 175 Å². The van der Waals surface area contributed by atoms with Crippen molar-refractivity contribution >= 4 is 11.6 Å². The lowest BCUT2D eigenvalue weighted by molar-refractivity contribution is -0.143. The number of carbonyl (C=O) groups is 1. The van der Waals surface area contributed by atoms with E-state index in [4.69, 9.17) is 9.47 Å². The summed E-state index contributed by atoms with van der Waals surface area (Å²) >= 11 is 0. The second-order valence-corrected chi connectivity index (χ2v) is 6.15. The Hall–Kier alpha value is -3.77. The van der Waals surface area contributed by atoms with E-state index in [-0.39, 0.29) is 6.73 Å². The Morgan fingerprint density at radius 1 is 0.969 bits per heavy atom. The summed E-state index contributed by atoms with van der Waals surface area (Å²) in [6.07, 6.45) is -4.44. The number of nitrogens with one attached hydrogen (secondary N) is 1. The van der Waals surface area contributed by atoms with Crippen LogP contribution < -0.4 is 14.8 Å². The zero-order valence-corrected chi connectivity index (χ0v) is 15.9. The molecular weight excluding hydrogens is 451 g/mol. The second-order valence-electron chi connectivity index (χ2n) is 6.15. The Morgan fingerprint density at radius 3 is 2.06 bits per heavy atom. The molecule has 0 atom stereocenters. The van der Waals surface area contributed by atoms with Gasteiger partial charge in [-0.05, 0) is 30.3 Å². The predicted molar refractivity (Wildman–Crippen MR) is 95.1 cm³/mol. The first kappa shape index (κ1) is 22.9. The molecule has 6 nitrogen and oxygen atoms in total. The van der Waals surface area contributed by atoms with Gasteiger partial charge in [-0.3, -0.25) is 4.79 Å². The number of rotatable bonds is 6. The number of ether oxygens (including phenoxy) is 2. The van der Waals surface area contributed by atoms with E-state index in [1.54, 1.807) is 24.3 Å². The van der Waals surface area contributed by atoms with E-state index < -0.39 is 52.3 Å². The number of hydrogen-bond donors (Lipinski definition) is 1. The van der Waals surface area contributed by atoms with Crippen LogP contribution in [0.3, 0.4) is 0 Å². The largest absolute Gasteiger partial charge is 0.497 e. The third kappa shape index (κ3) is 4.60. The summed E-state index contributed by atoms with van der Waals surface area (Å²) in [5, 5.41) is 5.25. The van der Waals surface area contributed by atoms with Crippen molar-refractivity contribution in [1.82, 2.24) is 9.78 Å².